The van der Waals surface area contributed by atoms with Gasteiger partial charge in [0.1, 0.15) is 6.61 Å². The minimum Gasteiger partial charge on any atom is -0.461 e. The van der Waals surface area contributed by atoms with E-state index in [2.05, 4.69) is 19.1 Å². The molecule has 0 spiro atoms. The van der Waals surface area contributed by atoms with Crippen molar-refractivity contribution in [3.63, 3.8) is 0 Å². The Bertz CT molecular complexity index is 1030. The van der Waals surface area contributed by atoms with E-state index in [1.54, 1.807) is 4.90 Å². The first-order valence-electron chi connectivity index (χ1n) is 10.3. The van der Waals surface area contributed by atoms with E-state index in [0.29, 0.717) is 6.54 Å². The number of aryl methyl sites for hydroxylation is 1. The zero-order valence-electron chi connectivity index (χ0n) is 17.1. The van der Waals surface area contributed by atoms with Gasteiger partial charge in [0.25, 0.3) is 0 Å². The molecule has 3 aromatic carbocycles. The van der Waals surface area contributed by atoms with Crippen LogP contribution in [-0.2, 0) is 27.4 Å². The van der Waals surface area contributed by atoms with Crippen LogP contribution in [-0.4, -0.2) is 18.4 Å². The third-order valence-electron chi connectivity index (χ3n) is 5.56. The van der Waals surface area contributed by atoms with Crippen LogP contribution in [0.1, 0.15) is 24.5 Å². The number of esters is 1. The minimum atomic E-state index is -0.425. The number of carbonyl (C=O) groups excluding carboxylic acids is 2. The number of amides is 1. The Morgan fingerprint density at radius 3 is 2.33 bits per heavy atom. The van der Waals surface area contributed by atoms with E-state index in [-0.39, 0.29) is 24.9 Å². The number of hydrogen-bond donors (Lipinski definition) is 0. The van der Waals surface area contributed by atoms with Gasteiger partial charge in [-0.2, -0.15) is 0 Å². The number of anilines is 1. The fraction of sp³-hybridized carbons (Fsp3) is 0.231. The van der Waals surface area contributed by atoms with Gasteiger partial charge in [0.15, 0.2) is 0 Å². The highest BCUT2D eigenvalue weighted by molar-refractivity contribution is 6.00. The molecule has 0 saturated carbocycles. The van der Waals surface area contributed by atoms with Gasteiger partial charge in [-0.05, 0) is 34.7 Å². The molecular weight excluding hydrogens is 374 g/mol. The Balaban J connectivity index is 1.36. The predicted octanol–water partition coefficient (Wildman–Crippen LogP) is 5.01. The molecule has 1 aliphatic heterocycles. The van der Waals surface area contributed by atoms with Crippen LogP contribution in [0.5, 0.6) is 0 Å². The van der Waals surface area contributed by atoms with Gasteiger partial charge in [-0.1, -0.05) is 79.7 Å². The summed E-state index contributed by atoms with van der Waals surface area (Å²) >= 11 is 0. The van der Waals surface area contributed by atoms with Crippen LogP contribution in [0.3, 0.4) is 0 Å². The molecule has 1 saturated heterocycles. The summed E-state index contributed by atoms with van der Waals surface area (Å²) in [6.07, 6.45) is 1.04. The van der Waals surface area contributed by atoms with E-state index >= 15 is 0 Å². The Morgan fingerprint density at radius 1 is 0.933 bits per heavy atom. The molecule has 30 heavy (non-hydrogen) atoms. The highest BCUT2D eigenvalue weighted by Gasteiger charge is 2.36. The molecule has 4 nitrogen and oxygen atoms in total. The molecule has 1 heterocycles. The van der Waals surface area contributed by atoms with Crippen molar-refractivity contribution >= 4 is 17.6 Å². The Hall–Kier alpha value is -3.40. The molecule has 0 bridgehead atoms. The highest BCUT2D eigenvalue weighted by atomic mass is 16.5. The largest absolute Gasteiger partial charge is 0.461 e. The third-order valence-corrected chi connectivity index (χ3v) is 5.56. The van der Waals surface area contributed by atoms with Crippen molar-refractivity contribution in [2.75, 3.05) is 11.4 Å². The first-order valence-corrected chi connectivity index (χ1v) is 10.3. The summed E-state index contributed by atoms with van der Waals surface area (Å²) in [5.41, 5.74) is 5.21. The lowest BCUT2D eigenvalue weighted by molar-refractivity contribution is -0.149. The van der Waals surface area contributed by atoms with Crippen molar-refractivity contribution in [1.29, 1.82) is 0 Å². The number of carbonyl (C=O) groups is 2. The quantitative estimate of drug-likeness (QED) is 0.547. The summed E-state index contributed by atoms with van der Waals surface area (Å²) in [7, 11) is 0. The Morgan fingerprint density at radius 2 is 1.60 bits per heavy atom. The number of hydrogen-bond acceptors (Lipinski definition) is 3. The van der Waals surface area contributed by atoms with Crippen molar-refractivity contribution in [2.24, 2.45) is 5.92 Å². The fourth-order valence-corrected chi connectivity index (χ4v) is 3.87. The van der Waals surface area contributed by atoms with Crippen LogP contribution in [0, 0.1) is 5.92 Å². The smallest absolute Gasteiger partial charge is 0.311 e. The lowest BCUT2D eigenvalue weighted by atomic mass is 10.0. The molecule has 0 aliphatic carbocycles. The molecule has 4 rings (SSSR count). The van der Waals surface area contributed by atoms with Gasteiger partial charge in [0.05, 0.1) is 5.92 Å². The molecule has 0 unspecified atom stereocenters. The second-order valence-corrected chi connectivity index (χ2v) is 7.56. The first-order chi connectivity index (χ1) is 14.7. The molecular formula is C26H25NO3. The van der Waals surface area contributed by atoms with Crippen LogP contribution < -0.4 is 4.90 Å². The summed E-state index contributed by atoms with van der Waals surface area (Å²) in [6.45, 7) is 2.65. The zero-order chi connectivity index (χ0) is 20.9. The van der Waals surface area contributed by atoms with Gasteiger partial charge in [-0.15, -0.1) is 0 Å². The topological polar surface area (TPSA) is 46.6 Å². The van der Waals surface area contributed by atoms with Crippen LogP contribution in [0.25, 0.3) is 11.1 Å². The van der Waals surface area contributed by atoms with E-state index in [0.717, 1.165) is 34.4 Å². The zero-order valence-corrected chi connectivity index (χ0v) is 17.1. The van der Waals surface area contributed by atoms with E-state index in [9.17, 15) is 9.59 Å². The summed E-state index contributed by atoms with van der Waals surface area (Å²) in [5, 5.41) is 0. The van der Waals surface area contributed by atoms with E-state index in [1.807, 2.05) is 66.7 Å². The van der Waals surface area contributed by atoms with Crippen molar-refractivity contribution in [3.8, 4) is 11.1 Å². The van der Waals surface area contributed by atoms with E-state index in [1.165, 1.54) is 0 Å². The normalized spacial score (nSPS) is 16.0. The minimum absolute atomic E-state index is 0.0231. The number of para-hydroxylation sites is 1. The summed E-state index contributed by atoms with van der Waals surface area (Å²) in [4.78, 5) is 26.8. The predicted molar refractivity (Wildman–Crippen MR) is 118 cm³/mol. The van der Waals surface area contributed by atoms with Gasteiger partial charge in [0.2, 0.25) is 5.91 Å². The average Bonchev–Trinajstić information content (AvgIpc) is 3.20. The van der Waals surface area contributed by atoms with Gasteiger partial charge < -0.3 is 9.64 Å². The number of rotatable bonds is 6. The van der Waals surface area contributed by atoms with Crippen LogP contribution in [0.4, 0.5) is 5.69 Å². The van der Waals surface area contributed by atoms with Gasteiger partial charge in [0, 0.05) is 18.7 Å². The molecule has 1 fully saturated rings. The molecule has 3 aromatic rings. The highest BCUT2D eigenvalue weighted by Crippen LogP contribution is 2.29. The molecule has 1 atom stereocenters. The lowest BCUT2D eigenvalue weighted by Gasteiger charge is -2.19. The second-order valence-electron chi connectivity index (χ2n) is 7.56. The molecule has 0 radical (unpaired) electrons. The maximum atomic E-state index is 12.6. The maximum absolute atomic E-state index is 12.6. The molecule has 0 aromatic heterocycles. The van der Waals surface area contributed by atoms with Crippen molar-refractivity contribution in [2.45, 2.75) is 26.4 Å². The van der Waals surface area contributed by atoms with Crippen molar-refractivity contribution in [1.82, 2.24) is 0 Å². The van der Waals surface area contributed by atoms with Crippen LogP contribution >= 0.6 is 0 Å². The molecule has 1 amide bonds. The molecule has 1 aliphatic rings. The van der Waals surface area contributed by atoms with E-state index < -0.39 is 5.92 Å². The molecule has 0 N–H and O–H groups in total. The number of nitrogens with zero attached hydrogens (tertiary/aromatic N) is 1. The van der Waals surface area contributed by atoms with Crippen LogP contribution in [0.15, 0.2) is 78.9 Å². The Labute approximate surface area is 177 Å². The second kappa shape index (κ2) is 8.95. The van der Waals surface area contributed by atoms with Crippen molar-refractivity contribution < 1.29 is 14.3 Å². The van der Waals surface area contributed by atoms with Crippen LogP contribution in [0.2, 0.25) is 0 Å². The van der Waals surface area contributed by atoms with Gasteiger partial charge in [-0.25, -0.2) is 0 Å². The SMILES string of the molecule is CCc1ccccc1N1C[C@H](C(=O)OCc2ccc(-c3ccccc3)cc2)CC1=O. The van der Waals surface area contributed by atoms with Gasteiger partial charge >= 0.3 is 5.97 Å². The fourth-order valence-electron chi connectivity index (χ4n) is 3.87. The Kier molecular flexibility index (Phi) is 5.94. The molecule has 152 valence electrons. The first kappa shape index (κ1) is 19.9. The monoisotopic (exact) mass is 399 g/mol. The maximum Gasteiger partial charge on any atom is 0.311 e. The number of benzene rings is 3. The summed E-state index contributed by atoms with van der Waals surface area (Å²) in [5.74, 6) is -0.761. The summed E-state index contributed by atoms with van der Waals surface area (Å²) in [6, 6.07) is 26.0. The third kappa shape index (κ3) is 4.28. The summed E-state index contributed by atoms with van der Waals surface area (Å²) < 4.78 is 5.53. The van der Waals surface area contributed by atoms with E-state index in [4.69, 9.17) is 4.74 Å². The lowest BCUT2D eigenvalue weighted by Crippen LogP contribution is -2.27. The standard InChI is InChI=1S/C26H25NO3/c1-2-20-8-6-7-11-24(20)27-17-23(16-25(27)28)26(29)30-18-19-12-14-22(15-13-19)21-9-4-3-5-10-21/h3-15,23H,2,16-18H2,1H3/t23-/m1/s1. The van der Waals surface area contributed by atoms with Gasteiger partial charge in [-0.3, -0.25) is 9.59 Å². The average molecular weight is 399 g/mol. The molecule has 4 heteroatoms. The van der Waals surface area contributed by atoms with Crippen molar-refractivity contribution in [3.05, 3.63) is 90.0 Å². The number of ether oxygens (including phenoxy) is 1.